The van der Waals surface area contributed by atoms with Crippen LogP contribution in [0, 0.1) is 13.8 Å². The fraction of sp³-hybridized carbons (Fsp3) is 0.435. The van der Waals surface area contributed by atoms with Gasteiger partial charge < -0.3 is 15.0 Å². The van der Waals surface area contributed by atoms with Crippen molar-refractivity contribution in [2.75, 3.05) is 19.7 Å². The van der Waals surface area contributed by atoms with Crippen LogP contribution in [0.4, 0.5) is 0 Å². The molecule has 1 unspecified atom stereocenters. The van der Waals surface area contributed by atoms with Crippen LogP contribution >= 0.6 is 0 Å². The van der Waals surface area contributed by atoms with E-state index in [1.54, 1.807) is 0 Å². The van der Waals surface area contributed by atoms with Crippen LogP contribution in [0.1, 0.15) is 54.1 Å². The van der Waals surface area contributed by atoms with E-state index in [9.17, 15) is 0 Å². The molecule has 27 heavy (non-hydrogen) atoms. The molecule has 0 amide bonds. The fourth-order valence-electron chi connectivity index (χ4n) is 4.84. The molecule has 4 nitrogen and oxygen atoms in total. The Morgan fingerprint density at radius 1 is 1.11 bits per heavy atom. The van der Waals surface area contributed by atoms with Crippen LogP contribution in [0.25, 0.3) is 22.2 Å². The number of hydrogen-bond acceptors (Lipinski definition) is 3. The minimum Gasteiger partial charge on any atom is -0.490 e. The van der Waals surface area contributed by atoms with Crippen LogP contribution < -0.4 is 10.1 Å². The lowest BCUT2D eigenvalue weighted by Gasteiger charge is -2.23. The van der Waals surface area contributed by atoms with E-state index in [1.165, 1.54) is 40.6 Å². The predicted molar refractivity (Wildman–Crippen MR) is 110 cm³/mol. The summed E-state index contributed by atoms with van der Waals surface area (Å²) in [6, 6.07) is 9.18. The van der Waals surface area contributed by atoms with E-state index in [4.69, 9.17) is 4.74 Å². The van der Waals surface area contributed by atoms with E-state index < -0.39 is 0 Å². The van der Waals surface area contributed by atoms with Gasteiger partial charge in [0.15, 0.2) is 0 Å². The Morgan fingerprint density at radius 2 is 1.93 bits per heavy atom. The summed E-state index contributed by atoms with van der Waals surface area (Å²) in [6.07, 6.45) is 2.45. The van der Waals surface area contributed by atoms with Crippen LogP contribution in [0.15, 0.2) is 24.3 Å². The van der Waals surface area contributed by atoms with Gasteiger partial charge in [0.2, 0.25) is 0 Å². The van der Waals surface area contributed by atoms with Crippen molar-refractivity contribution >= 4 is 10.9 Å². The number of pyridine rings is 1. The number of ether oxygens (including phenoxy) is 1. The van der Waals surface area contributed by atoms with Crippen molar-refractivity contribution in [2.24, 2.45) is 0 Å². The molecule has 1 fully saturated rings. The fourth-order valence-corrected chi connectivity index (χ4v) is 4.84. The number of H-pyrrole nitrogens is 1. The quantitative estimate of drug-likeness (QED) is 0.654. The molecule has 3 aromatic rings. The highest BCUT2D eigenvalue weighted by Crippen LogP contribution is 2.44. The molecule has 0 aliphatic carbocycles. The van der Waals surface area contributed by atoms with Crippen molar-refractivity contribution in [2.45, 2.75) is 45.4 Å². The Kier molecular flexibility index (Phi) is 3.97. The number of nitrogens with zero attached hydrogens (tertiary/aromatic N) is 1. The zero-order valence-electron chi connectivity index (χ0n) is 16.4. The highest BCUT2D eigenvalue weighted by Gasteiger charge is 2.27. The van der Waals surface area contributed by atoms with Gasteiger partial charge >= 0.3 is 0 Å². The second-order valence-corrected chi connectivity index (χ2v) is 8.18. The molecule has 4 heterocycles. The normalized spacial score (nSPS) is 20.0. The molecule has 1 atom stereocenters. The topological polar surface area (TPSA) is 49.9 Å². The van der Waals surface area contributed by atoms with Gasteiger partial charge in [-0.25, -0.2) is 0 Å². The smallest absolute Gasteiger partial charge is 0.149 e. The number of nitrogens with one attached hydrogen (secondary N) is 2. The van der Waals surface area contributed by atoms with Gasteiger partial charge in [-0.1, -0.05) is 13.0 Å². The van der Waals surface area contributed by atoms with Crippen molar-refractivity contribution in [3.8, 4) is 17.0 Å². The second-order valence-electron chi connectivity index (χ2n) is 8.18. The van der Waals surface area contributed by atoms with Gasteiger partial charge in [-0.15, -0.1) is 0 Å². The minimum absolute atomic E-state index is 0.337. The van der Waals surface area contributed by atoms with Crippen molar-refractivity contribution in [3.63, 3.8) is 0 Å². The van der Waals surface area contributed by atoms with Crippen LogP contribution in [-0.4, -0.2) is 29.7 Å². The van der Waals surface area contributed by atoms with Crippen molar-refractivity contribution in [1.29, 1.82) is 0 Å². The van der Waals surface area contributed by atoms with Gasteiger partial charge in [0.05, 0.1) is 18.0 Å². The first-order valence-electron chi connectivity index (χ1n) is 10.1. The molecule has 140 valence electrons. The van der Waals surface area contributed by atoms with Gasteiger partial charge in [0.25, 0.3) is 0 Å². The number of aryl methyl sites for hydroxylation is 2. The van der Waals surface area contributed by atoms with E-state index in [2.05, 4.69) is 53.4 Å². The van der Waals surface area contributed by atoms with E-state index in [-0.39, 0.29) is 0 Å². The summed E-state index contributed by atoms with van der Waals surface area (Å²) in [5, 5.41) is 4.83. The number of aromatic nitrogens is 2. The molecule has 2 aliphatic rings. The number of aromatic amines is 1. The maximum Gasteiger partial charge on any atom is 0.149 e. The maximum absolute atomic E-state index is 6.19. The third-order valence-electron chi connectivity index (χ3n) is 6.18. The standard InChI is InChI=1S/C23H27N3O/c1-13-12-27-23-15(3)25-14(2)10-19(23)22-21(13)18-11-17(4-5-20(18)26-22)16-6-8-24-9-7-16/h4-5,10-11,13,16,24,26H,6-9,12H2,1-3H3. The third-order valence-corrected chi connectivity index (χ3v) is 6.18. The van der Waals surface area contributed by atoms with E-state index >= 15 is 0 Å². The molecule has 5 rings (SSSR count). The minimum atomic E-state index is 0.337. The Hall–Kier alpha value is -2.33. The van der Waals surface area contributed by atoms with E-state index in [0.717, 1.165) is 35.8 Å². The molecule has 2 N–H and O–H groups in total. The number of rotatable bonds is 1. The molecule has 2 aromatic heterocycles. The predicted octanol–water partition coefficient (Wildman–Crippen LogP) is 4.81. The van der Waals surface area contributed by atoms with Gasteiger partial charge in [-0.2, -0.15) is 0 Å². The van der Waals surface area contributed by atoms with Crippen LogP contribution in [0.3, 0.4) is 0 Å². The summed E-state index contributed by atoms with van der Waals surface area (Å²) >= 11 is 0. The lowest BCUT2D eigenvalue weighted by Crippen LogP contribution is -2.26. The van der Waals surface area contributed by atoms with Crippen molar-refractivity contribution < 1.29 is 4.74 Å². The Morgan fingerprint density at radius 3 is 2.74 bits per heavy atom. The summed E-state index contributed by atoms with van der Waals surface area (Å²) in [7, 11) is 0. The molecule has 1 saturated heterocycles. The van der Waals surface area contributed by atoms with Gasteiger partial charge in [0, 0.05) is 28.1 Å². The molecule has 0 saturated carbocycles. The van der Waals surface area contributed by atoms with E-state index in [0.29, 0.717) is 18.4 Å². The molecule has 4 heteroatoms. The third kappa shape index (κ3) is 2.74. The van der Waals surface area contributed by atoms with Crippen LogP contribution in [-0.2, 0) is 0 Å². The maximum atomic E-state index is 6.19. The average Bonchev–Trinajstić information content (AvgIpc) is 2.99. The first-order valence-corrected chi connectivity index (χ1v) is 10.1. The second kappa shape index (κ2) is 6.38. The van der Waals surface area contributed by atoms with E-state index in [1.807, 2.05) is 6.92 Å². The molecule has 1 aromatic carbocycles. The molecule has 0 spiro atoms. The molecular formula is C23H27N3O. The molecular weight excluding hydrogens is 334 g/mol. The number of fused-ring (bicyclic) bond motifs is 5. The van der Waals surface area contributed by atoms with Crippen molar-refractivity contribution in [1.82, 2.24) is 15.3 Å². The molecule has 0 bridgehead atoms. The summed E-state index contributed by atoms with van der Waals surface area (Å²) in [5.41, 5.74) is 8.46. The summed E-state index contributed by atoms with van der Waals surface area (Å²) in [6.45, 7) is 9.30. The number of benzene rings is 1. The monoisotopic (exact) mass is 361 g/mol. The first-order chi connectivity index (χ1) is 13.1. The highest BCUT2D eigenvalue weighted by molar-refractivity contribution is 5.93. The zero-order chi connectivity index (χ0) is 18.5. The summed E-state index contributed by atoms with van der Waals surface area (Å²) in [4.78, 5) is 8.32. The van der Waals surface area contributed by atoms with Gasteiger partial charge in [0.1, 0.15) is 5.75 Å². The number of hydrogen-bond donors (Lipinski definition) is 2. The number of piperidine rings is 1. The largest absolute Gasteiger partial charge is 0.490 e. The van der Waals surface area contributed by atoms with Crippen LogP contribution in [0.5, 0.6) is 5.75 Å². The summed E-state index contributed by atoms with van der Waals surface area (Å²) < 4.78 is 6.19. The summed E-state index contributed by atoms with van der Waals surface area (Å²) in [5.74, 6) is 1.93. The Bertz CT molecular complexity index is 1010. The zero-order valence-corrected chi connectivity index (χ0v) is 16.4. The van der Waals surface area contributed by atoms with Gasteiger partial charge in [-0.05, 0) is 75.0 Å². The Labute approximate surface area is 160 Å². The van der Waals surface area contributed by atoms with Crippen molar-refractivity contribution in [3.05, 3.63) is 46.8 Å². The molecule has 0 radical (unpaired) electrons. The highest BCUT2D eigenvalue weighted by atomic mass is 16.5. The first kappa shape index (κ1) is 16.8. The van der Waals surface area contributed by atoms with Crippen LogP contribution in [0.2, 0.25) is 0 Å². The average molecular weight is 361 g/mol. The lowest BCUT2D eigenvalue weighted by atomic mass is 9.88. The molecule has 2 aliphatic heterocycles. The Balaban J connectivity index is 1.71. The SMILES string of the molecule is Cc1cc2c(c(C)n1)OCC(C)c1c-2[nH]c2ccc(C3CCNCC3)cc12. The van der Waals surface area contributed by atoms with Gasteiger partial charge in [-0.3, -0.25) is 4.98 Å². The lowest BCUT2D eigenvalue weighted by molar-refractivity contribution is 0.298.